The summed E-state index contributed by atoms with van der Waals surface area (Å²) in [5.74, 6) is -0.173. The van der Waals surface area contributed by atoms with Crippen LogP contribution in [0.2, 0.25) is 0 Å². The molecule has 0 aromatic rings. The molecule has 0 saturated heterocycles. The molecule has 0 heterocycles. The van der Waals surface area contributed by atoms with Gasteiger partial charge in [-0.15, -0.1) is 6.58 Å². The lowest BCUT2D eigenvalue weighted by Crippen LogP contribution is -2.39. The van der Waals surface area contributed by atoms with Gasteiger partial charge in [-0.1, -0.05) is 19.9 Å². The van der Waals surface area contributed by atoms with Gasteiger partial charge in [0.1, 0.15) is 6.10 Å². The third kappa shape index (κ3) is 4.42. The summed E-state index contributed by atoms with van der Waals surface area (Å²) in [5.41, 5.74) is 0. The number of aliphatic hydroxyl groups is 1. The van der Waals surface area contributed by atoms with Crippen LogP contribution in [0.25, 0.3) is 0 Å². The highest BCUT2D eigenvalue weighted by Gasteiger charge is 2.19. The fourth-order valence-corrected chi connectivity index (χ4v) is 1.34. The van der Waals surface area contributed by atoms with Crippen molar-refractivity contribution < 1.29 is 9.90 Å². The third-order valence-corrected chi connectivity index (χ3v) is 1.97. The van der Waals surface area contributed by atoms with E-state index in [0.29, 0.717) is 6.42 Å². The second-order valence-corrected chi connectivity index (χ2v) is 3.37. The molecule has 0 aliphatic carbocycles. The van der Waals surface area contributed by atoms with Crippen molar-refractivity contribution in [2.24, 2.45) is 0 Å². The highest BCUT2D eigenvalue weighted by atomic mass is 16.3. The van der Waals surface area contributed by atoms with E-state index >= 15 is 0 Å². The molecule has 0 fully saturated rings. The minimum Gasteiger partial charge on any atom is -0.383 e. The van der Waals surface area contributed by atoms with E-state index in [4.69, 9.17) is 0 Å². The van der Waals surface area contributed by atoms with Crippen LogP contribution in [0.15, 0.2) is 12.7 Å². The minimum absolute atomic E-state index is 0.173. The second kappa shape index (κ2) is 7.56. The molecule has 0 aromatic carbocycles. The summed E-state index contributed by atoms with van der Waals surface area (Å²) < 4.78 is 0. The topological polar surface area (TPSA) is 40.5 Å². The molecule has 0 spiro atoms. The highest BCUT2D eigenvalue weighted by molar-refractivity contribution is 5.80. The predicted molar refractivity (Wildman–Crippen MR) is 58.0 cm³/mol. The number of carbonyl (C=O) groups is 1. The van der Waals surface area contributed by atoms with E-state index in [1.165, 1.54) is 0 Å². The number of aliphatic hydroxyl groups excluding tert-OH is 1. The second-order valence-electron chi connectivity index (χ2n) is 3.37. The first-order valence-corrected chi connectivity index (χ1v) is 5.25. The average Bonchev–Trinajstić information content (AvgIpc) is 2.17. The Morgan fingerprint density at radius 2 is 1.93 bits per heavy atom. The first kappa shape index (κ1) is 13.2. The number of amides is 1. The molecule has 3 nitrogen and oxygen atoms in total. The zero-order valence-electron chi connectivity index (χ0n) is 9.20. The van der Waals surface area contributed by atoms with Crippen molar-refractivity contribution in [2.45, 2.75) is 39.2 Å². The van der Waals surface area contributed by atoms with Crippen molar-refractivity contribution in [1.29, 1.82) is 0 Å². The van der Waals surface area contributed by atoms with Crippen molar-refractivity contribution in [3.63, 3.8) is 0 Å². The summed E-state index contributed by atoms with van der Waals surface area (Å²) in [6.45, 7) is 9.00. The van der Waals surface area contributed by atoms with Gasteiger partial charge < -0.3 is 10.0 Å². The van der Waals surface area contributed by atoms with Gasteiger partial charge in [-0.05, 0) is 12.8 Å². The third-order valence-electron chi connectivity index (χ3n) is 1.97. The van der Waals surface area contributed by atoms with Crippen LogP contribution in [0.3, 0.4) is 0 Å². The molecule has 1 atom stereocenters. The van der Waals surface area contributed by atoms with Crippen LogP contribution in [0.4, 0.5) is 0 Å². The maximum atomic E-state index is 11.6. The molecule has 1 amide bonds. The Hall–Kier alpha value is -0.830. The maximum absolute atomic E-state index is 11.6. The van der Waals surface area contributed by atoms with Gasteiger partial charge >= 0.3 is 0 Å². The van der Waals surface area contributed by atoms with Gasteiger partial charge in [-0.2, -0.15) is 0 Å². The molecule has 0 aliphatic heterocycles. The average molecular weight is 199 g/mol. The van der Waals surface area contributed by atoms with Crippen LogP contribution in [0.1, 0.15) is 33.1 Å². The van der Waals surface area contributed by atoms with Crippen LogP contribution in [0.5, 0.6) is 0 Å². The van der Waals surface area contributed by atoms with Crippen molar-refractivity contribution in [3.8, 4) is 0 Å². The minimum atomic E-state index is -0.911. The first-order valence-electron chi connectivity index (χ1n) is 5.25. The Kier molecular flexibility index (Phi) is 7.11. The molecule has 82 valence electrons. The van der Waals surface area contributed by atoms with Crippen molar-refractivity contribution in [1.82, 2.24) is 4.90 Å². The van der Waals surface area contributed by atoms with Crippen LogP contribution >= 0.6 is 0 Å². The van der Waals surface area contributed by atoms with E-state index in [0.717, 1.165) is 25.9 Å². The molecule has 0 aliphatic rings. The Balaban J connectivity index is 4.18. The molecular formula is C11H21NO2. The molecule has 0 radical (unpaired) electrons. The fraction of sp³-hybridized carbons (Fsp3) is 0.727. The van der Waals surface area contributed by atoms with Gasteiger partial charge in [0.05, 0.1) is 0 Å². The van der Waals surface area contributed by atoms with Gasteiger partial charge in [-0.3, -0.25) is 4.79 Å². The Bertz CT molecular complexity index is 174. The first-order chi connectivity index (χ1) is 6.67. The smallest absolute Gasteiger partial charge is 0.251 e. The van der Waals surface area contributed by atoms with Gasteiger partial charge in [0.2, 0.25) is 0 Å². The van der Waals surface area contributed by atoms with Crippen molar-refractivity contribution in [3.05, 3.63) is 12.7 Å². The molecule has 0 saturated carbocycles. The van der Waals surface area contributed by atoms with Crippen molar-refractivity contribution >= 4 is 5.91 Å². The lowest BCUT2D eigenvalue weighted by atomic mass is 10.2. The number of rotatable bonds is 7. The number of nitrogens with zero attached hydrogens (tertiary/aromatic N) is 1. The molecule has 14 heavy (non-hydrogen) atoms. The van der Waals surface area contributed by atoms with Crippen LogP contribution in [-0.4, -0.2) is 35.1 Å². The number of hydrogen-bond donors (Lipinski definition) is 1. The summed E-state index contributed by atoms with van der Waals surface area (Å²) in [6, 6.07) is 0. The fourth-order valence-electron chi connectivity index (χ4n) is 1.34. The molecule has 0 rings (SSSR count). The van der Waals surface area contributed by atoms with E-state index < -0.39 is 6.10 Å². The molecule has 1 unspecified atom stereocenters. The van der Waals surface area contributed by atoms with E-state index in [1.807, 2.05) is 13.8 Å². The zero-order chi connectivity index (χ0) is 11.0. The van der Waals surface area contributed by atoms with Gasteiger partial charge in [0, 0.05) is 19.5 Å². The van der Waals surface area contributed by atoms with E-state index in [1.54, 1.807) is 11.0 Å². The molecule has 1 N–H and O–H groups in total. The van der Waals surface area contributed by atoms with E-state index in [9.17, 15) is 9.90 Å². The molecule has 0 aromatic heterocycles. The largest absolute Gasteiger partial charge is 0.383 e. The van der Waals surface area contributed by atoms with Gasteiger partial charge in [0.15, 0.2) is 0 Å². The van der Waals surface area contributed by atoms with E-state index in [2.05, 4.69) is 6.58 Å². The highest BCUT2D eigenvalue weighted by Crippen LogP contribution is 2.02. The lowest BCUT2D eigenvalue weighted by molar-refractivity contribution is -0.140. The van der Waals surface area contributed by atoms with Crippen LogP contribution in [-0.2, 0) is 4.79 Å². The Labute approximate surface area is 86.4 Å². The molecule has 0 bridgehead atoms. The van der Waals surface area contributed by atoms with Gasteiger partial charge in [0.25, 0.3) is 5.91 Å². The summed E-state index contributed by atoms with van der Waals surface area (Å²) in [7, 11) is 0. The van der Waals surface area contributed by atoms with Gasteiger partial charge in [-0.25, -0.2) is 0 Å². The summed E-state index contributed by atoms with van der Waals surface area (Å²) >= 11 is 0. The quantitative estimate of drug-likeness (QED) is 0.632. The van der Waals surface area contributed by atoms with E-state index in [-0.39, 0.29) is 5.91 Å². The summed E-state index contributed by atoms with van der Waals surface area (Å²) in [4.78, 5) is 13.4. The summed E-state index contributed by atoms with van der Waals surface area (Å²) in [6.07, 6.45) is 2.84. The van der Waals surface area contributed by atoms with Crippen LogP contribution in [0, 0.1) is 0 Å². The Morgan fingerprint density at radius 1 is 1.43 bits per heavy atom. The maximum Gasteiger partial charge on any atom is 0.251 e. The number of hydrogen-bond acceptors (Lipinski definition) is 2. The monoisotopic (exact) mass is 199 g/mol. The normalized spacial score (nSPS) is 12.2. The summed E-state index contributed by atoms with van der Waals surface area (Å²) in [5, 5.41) is 9.48. The SMILES string of the molecule is C=CCC(O)C(=O)N(CCC)CCC. The van der Waals surface area contributed by atoms with Crippen molar-refractivity contribution in [2.75, 3.05) is 13.1 Å². The Morgan fingerprint density at radius 3 is 2.29 bits per heavy atom. The molecule has 3 heteroatoms. The lowest BCUT2D eigenvalue weighted by Gasteiger charge is -2.23. The zero-order valence-corrected chi connectivity index (χ0v) is 9.20. The number of carbonyl (C=O) groups excluding carboxylic acids is 1. The standard InChI is InChI=1S/C11H21NO2/c1-4-7-10(13)11(14)12(8-5-2)9-6-3/h4,10,13H,1,5-9H2,2-3H3. The van der Waals surface area contributed by atoms with Crippen LogP contribution < -0.4 is 0 Å². The molecular weight excluding hydrogens is 178 g/mol. The predicted octanol–water partition coefficient (Wildman–Crippen LogP) is 1.57.